The highest BCUT2D eigenvalue weighted by Gasteiger charge is 2.23. The van der Waals surface area contributed by atoms with Crippen molar-refractivity contribution in [2.45, 2.75) is 45.3 Å². The number of ether oxygens (including phenoxy) is 1. The van der Waals surface area contributed by atoms with E-state index in [1.165, 1.54) is 29.8 Å². The molecule has 1 aliphatic carbocycles. The van der Waals surface area contributed by atoms with Gasteiger partial charge in [-0.3, -0.25) is 0 Å². The summed E-state index contributed by atoms with van der Waals surface area (Å²) in [7, 11) is 1.73. The molecular weight excluding hydrogens is 220 g/mol. The molecule has 90 valence electrons. The molecule has 1 N–H and O–H groups in total. The third-order valence-electron chi connectivity index (χ3n) is 2.90. The summed E-state index contributed by atoms with van der Waals surface area (Å²) in [5.41, 5.74) is 1.30. The van der Waals surface area contributed by atoms with Crippen molar-refractivity contribution in [3.05, 3.63) is 15.6 Å². The van der Waals surface area contributed by atoms with Crippen LogP contribution in [0, 0.1) is 0 Å². The fourth-order valence-corrected chi connectivity index (χ4v) is 3.36. The van der Waals surface area contributed by atoms with Crippen LogP contribution in [0.15, 0.2) is 0 Å². The molecule has 0 saturated carbocycles. The van der Waals surface area contributed by atoms with Gasteiger partial charge in [-0.15, -0.1) is 11.3 Å². The first-order valence-corrected chi connectivity index (χ1v) is 6.87. The van der Waals surface area contributed by atoms with Crippen molar-refractivity contribution in [3.63, 3.8) is 0 Å². The molecule has 2 rings (SSSR count). The summed E-state index contributed by atoms with van der Waals surface area (Å²) in [5, 5.41) is 4.74. The maximum absolute atomic E-state index is 5.15. The summed E-state index contributed by atoms with van der Waals surface area (Å²) in [6.07, 6.45) is 4.83. The molecule has 0 amide bonds. The first-order chi connectivity index (χ1) is 7.85. The lowest BCUT2D eigenvalue weighted by Crippen LogP contribution is -2.24. The lowest BCUT2D eigenvalue weighted by molar-refractivity contribution is 0.184. The van der Waals surface area contributed by atoms with E-state index in [0.717, 1.165) is 18.0 Å². The van der Waals surface area contributed by atoms with Gasteiger partial charge >= 0.3 is 0 Å². The number of hydrogen-bond donors (Lipinski definition) is 1. The maximum Gasteiger partial charge on any atom is 0.119 e. The predicted octanol–water partition coefficient (Wildman–Crippen LogP) is 2.67. The summed E-state index contributed by atoms with van der Waals surface area (Å²) >= 11 is 1.82. The molecule has 1 heterocycles. The van der Waals surface area contributed by atoms with Crippen LogP contribution >= 0.6 is 11.3 Å². The second kappa shape index (κ2) is 5.75. The van der Waals surface area contributed by atoms with Crippen LogP contribution in [-0.2, 0) is 17.8 Å². The van der Waals surface area contributed by atoms with Crippen molar-refractivity contribution in [1.29, 1.82) is 0 Å². The number of nitrogens with one attached hydrogen (secondary N) is 1. The van der Waals surface area contributed by atoms with Crippen molar-refractivity contribution in [2.24, 2.45) is 0 Å². The standard InChI is InChI=1S/C12H20N2OS/c1-3-7-13-9-5-4-6-10-12(9)16-11(14-10)8-15-2/h9,13H,3-8H2,1-2H3. The molecule has 1 aromatic heterocycles. The Morgan fingerprint density at radius 3 is 3.19 bits per heavy atom. The van der Waals surface area contributed by atoms with Gasteiger partial charge in [0.05, 0.1) is 12.3 Å². The predicted molar refractivity (Wildman–Crippen MR) is 66.8 cm³/mol. The maximum atomic E-state index is 5.15. The summed E-state index contributed by atoms with van der Waals surface area (Å²) in [5.74, 6) is 0. The Morgan fingerprint density at radius 2 is 2.44 bits per heavy atom. The van der Waals surface area contributed by atoms with Crippen LogP contribution in [0.3, 0.4) is 0 Å². The summed E-state index contributed by atoms with van der Waals surface area (Å²) in [4.78, 5) is 6.10. The van der Waals surface area contributed by atoms with Gasteiger partial charge in [0, 0.05) is 18.0 Å². The van der Waals surface area contributed by atoms with Crippen molar-refractivity contribution < 1.29 is 4.74 Å². The topological polar surface area (TPSA) is 34.2 Å². The molecule has 1 unspecified atom stereocenters. The van der Waals surface area contributed by atoms with Crippen molar-refractivity contribution in [1.82, 2.24) is 10.3 Å². The highest BCUT2D eigenvalue weighted by atomic mass is 32.1. The molecule has 3 nitrogen and oxygen atoms in total. The zero-order valence-electron chi connectivity index (χ0n) is 10.1. The minimum Gasteiger partial charge on any atom is -0.378 e. The Balaban J connectivity index is 2.10. The summed E-state index contributed by atoms with van der Waals surface area (Å²) in [6.45, 7) is 3.96. The number of thiazole rings is 1. The number of rotatable bonds is 5. The quantitative estimate of drug-likeness (QED) is 0.859. The van der Waals surface area contributed by atoms with E-state index in [-0.39, 0.29) is 0 Å². The van der Waals surface area contributed by atoms with Crippen molar-refractivity contribution in [3.8, 4) is 0 Å². The molecule has 0 fully saturated rings. The normalized spacial score (nSPS) is 19.8. The molecular formula is C12H20N2OS. The number of hydrogen-bond acceptors (Lipinski definition) is 4. The Hall–Kier alpha value is -0.450. The van der Waals surface area contributed by atoms with E-state index in [4.69, 9.17) is 4.74 Å². The summed E-state index contributed by atoms with van der Waals surface area (Å²) in [6, 6.07) is 0.534. The van der Waals surface area contributed by atoms with E-state index in [9.17, 15) is 0 Å². The number of aryl methyl sites for hydroxylation is 1. The van der Waals surface area contributed by atoms with E-state index >= 15 is 0 Å². The Labute approximate surface area is 101 Å². The zero-order valence-corrected chi connectivity index (χ0v) is 10.9. The fraction of sp³-hybridized carbons (Fsp3) is 0.750. The largest absolute Gasteiger partial charge is 0.378 e. The number of nitrogens with zero attached hydrogens (tertiary/aromatic N) is 1. The van der Waals surface area contributed by atoms with E-state index in [1.54, 1.807) is 7.11 Å². The Bertz CT molecular complexity index is 338. The minimum absolute atomic E-state index is 0.534. The summed E-state index contributed by atoms with van der Waals surface area (Å²) < 4.78 is 5.15. The van der Waals surface area contributed by atoms with Crippen LogP contribution < -0.4 is 5.32 Å². The fourth-order valence-electron chi connectivity index (χ4n) is 2.17. The highest BCUT2D eigenvalue weighted by molar-refractivity contribution is 7.11. The smallest absolute Gasteiger partial charge is 0.119 e. The first-order valence-electron chi connectivity index (χ1n) is 6.06. The van der Waals surface area contributed by atoms with Gasteiger partial charge in [0.15, 0.2) is 0 Å². The molecule has 1 atom stereocenters. The third-order valence-corrected chi connectivity index (χ3v) is 4.09. The van der Waals surface area contributed by atoms with Gasteiger partial charge in [-0.2, -0.15) is 0 Å². The molecule has 0 spiro atoms. The molecule has 0 aromatic carbocycles. The van der Waals surface area contributed by atoms with Crippen LogP contribution in [-0.4, -0.2) is 18.6 Å². The lowest BCUT2D eigenvalue weighted by Gasteiger charge is -2.22. The van der Waals surface area contributed by atoms with Gasteiger partial charge in [-0.1, -0.05) is 6.92 Å². The average Bonchev–Trinajstić information content (AvgIpc) is 2.69. The van der Waals surface area contributed by atoms with Gasteiger partial charge in [0.1, 0.15) is 5.01 Å². The van der Waals surface area contributed by atoms with Crippen LogP contribution in [0.1, 0.15) is 47.8 Å². The Morgan fingerprint density at radius 1 is 1.56 bits per heavy atom. The molecule has 4 heteroatoms. The zero-order chi connectivity index (χ0) is 11.4. The SMILES string of the molecule is CCCNC1CCCc2nc(COC)sc21. The molecule has 1 aliphatic rings. The second-order valence-electron chi connectivity index (χ2n) is 4.25. The van der Waals surface area contributed by atoms with E-state index < -0.39 is 0 Å². The van der Waals surface area contributed by atoms with Gasteiger partial charge in [-0.05, 0) is 32.2 Å². The van der Waals surface area contributed by atoms with Gasteiger partial charge in [0.2, 0.25) is 0 Å². The Kier molecular flexibility index (Phi) is 4.32. The number of fused-ring (bicyclic) bond motifs is 1. The highest BCUT2D eigenvalue weighted by Crippen LogP contribution is 2.34. The molecule has 1 aromatic rings. The third kappa shape index (κ3) is 2.62. The minimum atomic E-state index is 0.534. The lowest BCUT2D eigenvalue weighted by atomic mass is 9.98. The average molecular weight is 240 g/mol. The van der Waals surface area contributed by atoms with Crippen molar-refractivity contribution in [2.75, 3.05) is 13.7 Å². The molecule has 0 radical (unpaired) electrons. The molecule has 0 saturated heterocycles. The van der Waals surface area contributed by atoms with Crippen molar-refractivity contribution >= 4 is 11.3 Å². The first kappa shape index (κ1) is 12.0. The number of aromatic nitrogens is 1. The second-order valence-corrected chi connectivity index (χ2v) is 5.37. The van der Waals surface area contributed by atoms with Crippen LogP contribution in [0.25, 0.3) is 0 Å². The van der Waals surface area contributed by atoms with E-state index in [2.05, 4.69) is 17.2 Å². The molecule has 16 heavy (non-hydrogen) atoms. The molecule has 0 aliphatic heterocycles. The van der Waals surface area contributed by atoms with Gasteiger partial charge < -0.3 is 10.1 Å². The number of methoxy groups -OCH3 is 1. The van der Waals surface area contributed by atoms with Crippen LogP contribution in [0.2, 0.25) is 0 Å². The van der Waals surface area contributed by atoms with Gasteiger partial charge in [-0.25, -0.2) is 4.98 Å². The van der Waals surface area contributed by atoms with E-state index in [0.29, 0.717) is 12.6 Å². The molecule has 0 bridgehead atoms. The monoisotopic (exact) mass is 240 g/mol. The van der Waals surface area contributed by atoms with Gasteiger partial charge in [0.25, 0.3) is 0 Å². The van der Waals surface area contributed by atoms with Crippen LogP contribution in [0.5, 0.6) is 0 Å². The van der Waals surface area contributed by atoms with E-state index in [1.807, 2.05) is 11.3 Å². The van der Waals surface area contributed by atoms with Crippen LogP contribution in [0.4, 0.5) is 0 Å².